The molecule has 3 aliphatic rings. The summed E-state index contributed by atoms with van der Waals surface area (Å²) >= 11 is 0. The molecule has 8 nitrogen and oxygen atoms in total. The van der Waals surface area contributed by atoms with Crippen molar-refractivity contribution >= 4 is 0 Å². The Morgan fingerprint density at radius 2 is 2.11 bits per heavy atom. The van der Waals surface area contributed by atoms with Gasteiger partial charge >= 0.3 is 6.01 Å². The monoisotopic (exact) mass is 375 g/mol. The number of hydrogen-bond donors (Lipinski definition) is 1. The van der Waals surface area contributed by atoms with Crippen LogP contribution < -0.4 is 10.5 Å². The Bertz CT molecular complexity index is 714. The van der Waals surface area contributed by atoms with Crippen molar-refractivity contribution in [3.8, 4) is 6.01 Å². The normalized spacial score (nSPS) is 29.9. The predicted molar refractivity (Wildman–Crippen MR) is 100 cm³/mol. The van der Waals surface area contributed by atoms with Gasteiger partial charge < -0.3 is 19.9 Å². The van der Waals surface area contributed by atoms with Crippen molar-refractivity contribution in [1.82, 2.24) is 19.7 Å². The summed E-state index contributed by atoms with van der Waals surface area (Å²) in [5, 5.41) is 8.36. The fraction of sp³-hybridized carbons (Fsp3) is 0.684. The van der Waals surface area contributed by atoms with E-state index >= 15 is 0 Å². The van der Waals surface area contributed by atoms with Gasteiger partial charge in [-0.2, -0.15) is 0 Å². The molecule has 0 radical (unpaired) electrons. The number of fused-ring (bicyclic) bond motifs is 1. The zero-order valence-corrected chi connectivity index (χ0v) is 16.1. The van der Waals surface area contributed by atoms with Crippen molar-refractivity contribution in [2.45, 2.75) is 57.5 Å². The fourth-order valence-electron chi connectivity index (χ4n) is 4.04. The minimum atomic E-state index is -0.183. The summed E-state index contributed by atoms with van der Waals surface area (Å²) in [4.78, 5) is 2.46. The summed E-state index contributed by atoms with van der Waals surface area (Å²) < 4.78 is 19.7. The first-order valence-corrected chi connectivity index (χ1v) is 9.88. The van der Waals surface area contributed by atoms with E-state index in [4.69, 9.17) is 19.9 Å². The Morgan fingerprint density at radius 1 is 1.30 bits per heavy atom. The number of nitrogens with two attached hydrogens (primary N) is 1. The predicted octanol–water partition coefficient (Wildman–Crippen LogP) is 1.40. The first-order chi connectivity index (χ1) is 13.2. The van der Waals surface area contributed by atoms with Crippen molar-refractivity contribution in [3.63, 3.8) is 0 Å². The number of likely N-dealkylation sites (tertiary alicyclic amines) is 1. The SMILES string of the molecule is CCn1c(OC2=CC(N3CCC4OCCO[C@H]4C3)CC=C2)nnc1[C@@H](C)N. The molecular weight excluding hydrogens is 346 g/mol. The van der Waals surface area contributed by atoms with E-state index in [9.17, 15) is 0 Å². The Balaban J connectivity index is 1.45. The van der Waals surface area contributed by atoms with Crippen LogP contribution in [0.3, 0.4) is 0 Å². The number of hydrogen-bond acceptors (Lipinski definition) is 7. The molecule has 2 aliphatic heterocycles. The topological polar surface area (TPSA) is 87.7 Å². The summed E-state index contributed by atoms with van der Waals surface area (Å²) in [6.45, 7) is 7.96. The lowest BCUT2D eigenvalue weighted by molar-refractivity contribution is -0.167. The van der Waals surface area contributed by atoms with Gasteiger partial charge in [0.15, 0.2) is 5.82 Å². The lowest BCUT2D eigenvalue weighted by Crippen LogP contribution is -2.54. The highest BCUT2D eigenvalue weighted by atomic mass is 16.6. The molecule has 0 bridgehead atoms. The maximum absolute atomic E-state index is 6.06. The van der Waals surface area contributed by atoms with Gasteiger partial charge in [-0.25, -0.2) is 0 Å². The van der Waals surface area contributed by atoms with Gasteiger partial charge in [-0.05, 0) is 38.8 Å². The standard InChI is InChI=1S/C19H29N5O3/c1-3-24-18(13(2)20)21-22-19(24)27-15-6-4-5-14(11-15)23-8-7-16-17(12-23)26-10-9-25-16/h4,6,11,13-14,16-17H,3,5,7-10,12,20H2,1-2H3/t13-,14?,16?,17+/m1/s1. The van der Waals surface area contributed by atoms with Crippen LogP contribution >= 0.6 is 0 Å². The Labute approximate surface area is 160 Å². The third-order valence-electron chi connectivity index (χ3n) is 5.44. The molecule has 0 spiro atoms. The quantitative estimate of drug-likeness (QED) is 0.832. The number of rotatable bonds is 5. The number of aromatic nitrogens is 3. The minimum absolute atomic E-state index is 0.174. The van der Waals surface area contributed by atoms with E-state index in [0.29, 0.717) is 31.8 Å². The van der Waals surface area contributed by atoms with Crippen LogP contribution in [0.1, 0.15) is 38.6 Å². The molecule has 148 valence electrons. The molecule has 2 fully saturated rings. The van der Waals surface area contributed by atoms with Crippen molar-refractivity contribution in [1.29, 1.82) is 0 Å². The first-order valence-electron chi connectivity index (χ1n) is 9.88. The second kappa shape index (κ2) is 8.10. The third kappa shape index (κ3) is 3.94. The van der Waals surface area contributed by atoms with Gasteiger partial charge in [-0.15, -0.1) is 5.10 Å². The molecular formula is C19H29N5O3. The molecule has 4 rings (SSSR count). The third-order valence-corrected chi connectivity index (χ3v) is 5.44. The van der Waals surface area contributed by atoms with Crippen molar-refractivity contribution in [2.24, 2.45) is 5.73 Å². The van der Waals surface area contributed by atoms with Crippen LogP contribution in [0.25, 0.3) is 0 Å². The van der Waals surface area contributed by atoms with E-state index in [1.54, 1.807) is 0 Å². The second-order valence-corrected chi connectivity index (χ2v) is 7.35. The van der Waals surface area contributed by atoms with Crippen LogP contribution in [-0.4, -0.2) is 64.2 Å². The molecule has 2 saturated heterocycles. The highest BCUT2D eigenvalue weighted by Gasteiger charge is 2.35. The largest absolute Gasteiger partial charge is 0.425 e. The molecule has 0 aromatic carbocycles. The van der Waals surface area contributed by atoms with Crippen LogP contribution in [0.15, 0.2) is 24.0 Å². The lowest BCUT2D eigenvalue weighted by Gasteiger charge is -2.43. The highest BCUT2D eigenvalue weighted by Crippen LogP contribution is 2.26. The number of allylic oxidation sites excluding steroid dienone is 1. The van der Waals surface area contributed by atoms with Crippen molar-refractivity contribution in [2.75, 3.05) is 26.3 Å². The van der Waals surface area contributed by atoms with Gasteiger partial charge in [0.2, 0.25) is 0 Å². The number of piperidine rings is 1. The van der Waals surface area contributed by atoms with Crippen molar-refractivity contribution < 1.29 is 14.2 Å². The molecule has 3 heterocycles. The van der Waals surface area contributed by atoms with Crippen LogP contribution in [0, 0.1) is 0 Å². The van der Waals surface area contributed by atoms with Gasteiger partial charge in [-0.1, -0.05) is 11.2 Å². The van der Waals surface area contributed by atoms with Crippen LogP contribution in [0.2, 0.25) is 0 Å². The first kappa shape index (κ1) is 18.6. The van der Waals surface area contributed by atoms with Gasteiger partial charge in [0, 0.05) is 25.7 Å². The highest BCUT2D eigenvalue weighted by molar-refractivity contribution is 5.24. The molecule has 1 aromatic heterocycles. The summed E-state index contributed by atoms with van der Waals surface area (Å²) in [6.07, 6.45) is 8.73. The second-order valence-electron chi connectivity index (χ2n) is 7.35. The van der Waals surface area contributed by atoms with Crippen LogP contribution in [0.4, 0.5) is 0 Å². The zero-order chi connectivity index (χ0) is 18.8. The molecule has 8 heteroatoms. The van der Waals surface area contributed by atoms with E-state index in [2.05, 4.69) is 27.2 Å². The molecule has 1 aromatic rings. The van der Waals surface area contributed by atoms with E-state index in [0.717, 1.165) is 37.5 Å². The Kier molecular flexibility index (Phi) is 5.58. The van der Waals surface area contributed by atoms with E-state index in [-0.39, 0.29) is 18.2 Å². The molecule has 0 saturated carbocycles. The number of ether oxygens (including phenoxy) is 3. The number of nitrogens with zero attached hydrogens (tertiary/aromatic N) is 4. The Hall–Kier alpha value is -1.74. The minimum Gasteiger partial charge on any atom is -0.425 e. The summed E-state index contributed by atoms with van der Waals surface area (Å²) in [7, 11) is 0. The van der Waals surface area contributed by atoms with E-state index in [1.807, 2.05) is 24.5 Å². The van der Waals surface area contributed by atoms with E-state index < -0.39 is 0 Å². The summed E-state index contributed by atoms with van der Waals surface area (Å²) in [5.41, 5.74) is 5.97. The molecule has 2 N–H and O–H groups in total. The fourth-order valence-corrected chi connectivity index (χ4v) is 4.04. The maximum atomic E-state index is 6.06. The van der Waals surface area contributed by atoms with Crippen molar-refractivity contribution in [3.05, 3.63) is 29.8 Å². The zero-order valence-electron chi connectivity index (χ0n) is 16.1. The summed E-state index contributed by atoms with van der Waals surface area (Å²) in [6, 6.07) is 0.601. The smallest absolute Gasteiger partial charge is 0.322 e. The van der Waals surface area contributed by atoms with Crippen LogP contribution in [0.5, 0.6) is 6.01 Å². The molecule has 2 unspecified atom stereocenters. The average Bonchev–Trinajstić information content (AvgIpc) is 3.10. The van der Waals surface area contributed by atoms with Gasteiger partial charge in [0.25, 0.3) is 0 Å². The molecule has 0 amide bonds. The average molecular weight is 375 g/mol. The molecule has 4 atom stereocenters. The van der Waals surface area contributed by atoms with E-state index in [1.165, 1.54) is 0 Å². The summed E-state index contributed by atoms with van der Waals surface area (Å²) in [5.74, 6) is 1.54. The van der Waals surface area contributed by atoms with Gasteiger partial charge in [0.1, 0.15) is 5.76 Å². The maximum Gasteiger partial charge on any atom is 0.322 e. The molecule has 27 heavy (non-hydrogen) atoms. The lowest BCUT2D eigenvalue weighted by atomic mass is 9.98. The van der Waals surface area contributed by atoms with Crippen LogP contribution in [-0.2, 0) is 16.0 Å². The molecule has 1 aliphatic carbocycles. The Morgan fingerprint density at radius 3 is 2.89 bits per heavy atom. The van der Waals surface area contributed by atoms with Gasteiger partial charge in [0.05, 0.1) is 31.5 Å². The van der Waals surface area contributed by atoms with Gasteiger partial charge in [-0.3, -0.25) is 9.47 Å².